The number of carbonyl (C=O) groups is 1. The first-order chi connectivity index (χ1) is 14.2. The first-order valence-corrected chi connectivity index (χ1v) is 9.27. The molecule has 2 rings (SSSR count). The standard InChI is InChI=1S/C21H20ClF3O5/c1-3-28-20(26)9-5-14-4-7-16(29-11-10-27-2)13-19(14)30-18-8-6-15(12-17(18)22)21(23,24)25/h4-9,12-13H,3,10-11H2,1-2H3/b9-5+. The van der Waals surface area contributed by atoms with Gasteiger partial charge in [0, 0.05) is 24.8 Å². The molecule has 0 aliphatic heterocycles. The van der Waals surface area contributed by atoms with Crippen molar-refractivity contribution in [3.8, 4) is 17.2 Å². The van der Waals surface area contributed by atoms with Gasteiger partial charge in [0.1, 0.15) is 23.9 Å². The van der Waals surface area contributed by atoms with E-state index >= 15 is 0 Å². The Morgan fingerprint density at radius 3 is 2.50 bits per heavy atom. The Balaban J connectivity index is 2.34. The van der Waals surface area contributed by atoms with Crippen molar-refractivity contribution in [2.24, 2.45) is 0 Å². The summed E-state index contributed by atoms with van der Waals surface area (Å²) in [5.41, 5.74) is -0.419. The maximum atomic E-state index is 12.9. The van der Waals surface area contributed by atoms with Crippen molar-refractivity contribution in [1.29, 1.82) is 0 Å². The summed E-state index contributed by atoms with van der Waals surface area (Å²) in [6.45, 7) is 2.55. The smallest absolute Gasteiger partial charge is 0.416 e. The third-order valence-corrected chi connectivity index (χ3v) is 4.00. The molecule has 0 saturated heterocycles. The molecule has 2 aromatic rings. The third kappa shape index (κ3) is 6.96. The molecule has 0 unspecified atom stereocenters. The summed E-state index contributed by atoms with van der Waals surface area (Å²) in [6, 6.07) is 7.60. The molecule has 0 heterocycles. The van der Waals surface area contributed by atoms with Crippen LogP contribution in [0, 0.1) is 0 Å². The van der Waals surface area contributed by atoms with Gasteiger partial charge in [0.15, 0.2) is 0 Å². The largest absolute Gasteiger partial charge is 0.491 e. The van der Waals surface area contributed by atoms with Gasteiger partial charge in [-0.2, -0.15) is 13.2 Å². The molecule has 0 aromatic heterocycles. The molecule has 30 heavy (non-hydrogen) atoms. The quantitative estimate of drug-likeness (QED) is 0.280. The van der Waals surface area contributed by atoms with Crippen molar-refractivity contribution >= 4 is 23.6 Å². The van der Waals surface area contributed by atoms with Gasteiger partial charge in [-0.15, -0.1) is 0 Å². The number of benzene rings is 2. The molecule has 0 aliphatic carbocycles. The Bertz CT molecular complexity index is 897. The SMILES string of the molecule is CCOC(=O)/C=C/c1ccc(OCCOC)cc1Oc1ccc(C(F)(F)F)cc1Cl. The van der Waals surface area contributed by atoms with Crippen molar-refractivity contribution in [1.82, 2.24) is 0 Å². The molecular formula is C21H20ClF3O5. The van der Waals surface area contributed by atoms with Crippen LogP contribution < -0.4 is 9.47 Å². The minimum atomic E-state index is -4.52. The summed E-state index contributed by atoms with van der Waals surface area (Å²) < 4.78 is 59.6. The summed E-state index contributed by atoms with van der Waals surface area (Å²) in [6.07, 6.45) is -1.85. The lowest BCUT2D eigenvalue weighted by Crippen LogP contribution is -2.05. The van der Waals surface area contributed by atoms with Gasteiger partial charge in [-0.25, -0.2) is 4.79 Å². The fraction of sp³-hybridized carbons (Fsp3) is 0.286. The van der Waals surface area contributed by atoms with E-state index in [1.165, 1.54) is 25.3 Å². The maximum Gasteiger partial charge on any atom is 0.416 e. The van der Waals surface area contributed by atoms with Gasteiger partial charge in [0.05, 0.1) is 23.8 Å². The number of carbonyl (C=O) groups excluding carboxylic acids is 1. The zero-order chi connectivity index (χ0) is 22.1. The average molecular weight is 445 g/mol. The number of ether oxygens (including phenoxy) is 4. The number of hydrogen-bond donors (Lipinski definition) is 0. The summed E-state index contributed by atoms with van der Waals surface area (Å²) in [4.78, 5) is 11.6. The van der Waals surface area contributed by atoms with Crippen molar-refractivity contribution in [2.75, 3.05) is 26.9 Å². The third-order valence-electron chi connectivity index (χ3n) is 3.71. The van der Waals surface area contributed by atoms with Gasteiger partial charge in [-0.1, -0.05) is 11.6 Å². The number of esters is 1. The van der Waals surface area contributed by atoms with Crippen LogP contribution in [-0.2, 0) is 20.4 Å². The van der Waals surface area contributed by atoms with E-state index in [2.05, 4.69) is 0 Å². The highest BCUT2D eigenvalue weighted by atomic mass is 35.5. The molecule has 162 valence electrons. The molecule has 2 aromatic carbocycles. The molecule has 0 saturated carbocycles. The lowest BCUT2D eigenvalue weighted by molar-refractivity contribution is -0.138. The molecule has 0 atom stereocenters. The second-order valence-corrected chi connectivity index (χ2v) is 6.28. The van der Waals surface area contributed by atoms with Crippen LogP contribution in [0.4, 0.5) is 13.2 Å². The van der Waals surface area contributed by atoms with Gasteiger partial charge < -0.3 is 18.9 Å². The molecule has 5 nitrogen and oxygen atoms in total. The van der Waals surface area contributed by atoms with Gasteiger partial charge >= 0.3 is 12.1 Å². The van der Waals surface area contributed by atoms with Crippen LogP contribution in [0.1, 0.15) is 18.1 Å². The predicted octanol–water partition coefficient (Wildman–Crippen LogP) is 5.75. The Hall–Kier alpha value is -2.71. The molecule has 0 bridgehead atoms. The van der Waals surface area contributed by atoms with Crippen LogP contribution in [0.5, 0.6) is 17.2 Å². The number of hydrogen-bond acceptors (Lipinski definition) is 5. The fourth-order valence-corrected chi connectivity index (χ4v) is 2.52. The van der Waals surface area contributed by atoms with Gasteiger partial charge in [-0.05, 0) is 43.3 Å². The number of methoxy groups -OCH3 is 1. The second-order valence-electron chi connectivity index (χ2n) is 5.87. The molecular weight excluding hydrogens is 425 g/mol. The summed E-state index contributed by atoms with van der Waals surface area (Å²) >= 11 is 5.98. The normalized spacial score (nSPS) is 11.5. The van der Waals surface area contributed by atoms with Crippen LogP contribution in [0.25, 0.3) is 6.08 Å². The summed E-state index contributed by atoms with van der Waals surface area (Å²) in [5.74, 6) is 0.145. The van der Waals surface area contributed by atoms with E-state index in [1.54, 1.807) is 19.1 Å². The highest BCUT2D eigenvalue weighted by Gasteiger charge is 2.31. The van der Waals surface area contributed by atoms with E-state index in [4.69, 9.17) is 30.5 Å². The van der Waals surface area contributed by atoms with Crippen LogP contribution in [0.2, 0.25) is 5.02 Å². The summed E-state index contributed by atoms with van der Waals surface area (Å²) in [7, 11) is 1.54. The minimum absolute atomic E-state index is 0.0180. The van der Waals surface area contributed by atoms with E-state index in [0.717, 1.165) is 18.2 Å². The van der Waals surface area contributed by atoms with Crippen molar-refractivity contribution < 1.29 is 36.9 Å². The van der Waals surface area contributed by atoms with Crippen LogP contribution in [-0.4, -0.2) is 32.9 Å². The Labute approximate surface area is 176 Å². The zero-order valence-corrected chi connectivity index (χ0v) is 17.0. The number of alkyl halides is 3. The lowest BCUT2D eigenvalue weighted by atomic mass is 10.1. The molecule has 0 N–H and O–H groups in total. The Morgan fingerprint density at radius 2 is 1.87 bits per heavy atom. The first kappa shape index (κ1) is 23.6. The maximum absolute atomic E-state index is 12.9. The van der Waals surface area contributed by atoms with E-state index in [-0.39, 0.29) is 29.7 Å². The number of halogens is 4. The second kappa shape index (κ2) is 10.9. The van der Waals surface area contributed by atoms with Crippen LogP contribution >= 0.6 is 11.6 Å². The highest BCUT2D eigenvalue weighted by molar-refractivity contribution is 6.32. The Kier molecular flexibility index (Phi) is 8.56. The average Bonchev–Trinajstić information content (AvgIpc) is 2.68. The Morgan fingerprint density at radius 1 is 1.10 bits per heavy atom. The first-order valence-electron chi connectivity index (χ1n) is 8.89. The van der Waals surface area contributed by atoms with E-state index < -0.39 is 17.7 Å². The monoisotopic (exact) mass is 444 g/mol. The topological polar surface area (TPSA) is 54.0 Å². The number of rotatable bonds is 9. The fourth-order valence-electron chi connectivity index (χ4n) is 2.30. The molecule has 0 fully saturated rings. The van der Waals surface area contributed by atoms with Crippen molar-refractivity contribution in [2.45, 2.75) is 13.1 Å². The van der Waals surface area contributed by atoms with Crippen molar-refractivity contribution in [3.05, 3.63) is 58.6 Å². The van der Waals surface area contributed by atoms with Gasteiger partial charge in [0.25, 0.3) is 0 Å². The molecule has 0 radical (unpaired) electrons. The molecule has 0 spiro atoms. The van der Waals surface area contributed by atoms with Crippen molar-refractivity contribution in [3.63, 3.8) is 0 Å². The molecule has 9 heteroatoms. The molecule has 0 amide bonds. The zero-order valence-electron chi connectivity index (χ0n) is 16.3. The van der Waals surface area contributed by atoms with Gasteiger partial charge in [-0.3, -0.25) is 0 Å². The van der Waals surface area contributed by atoms with E-state index in [0.29, 0.717) is 17.9 Å². The van der Waals surface area contributed by atoms with E-state index in [1.807, 2.05) is 0 Å². The van der Waals surface area contributed by atoms with Crippen LogP contribution in [0.15, 0.2) is 42.5 Å². The van der Waals surface area contributed by atoms with Gasteiger partial charge in [0.2, 0.25) is 0 Å². The summed E-state index contributed by atoms with van der Waals surface area (Å²) in [5, 5.41) is -0.212. The van der Waals surface area contributed by atoms with E-state index in [9.17, 15) is 18.0 Å². The predicted molar refractivity (Wildman–Crippen MR) is 106 cm³/mol. The van der Waals surface area contributed by atoms with Crippen LogP contribution in [0.3, 0.4) is 0 Å². The molecule has 0 aliphatic rings. The highest BCUT2D eigenvalue weighted by Crippen LogP contribution is 2.38. The lowest BCUT2D eigenvalue weighted by Gasteiger charge is -2.14. The minimum Gasteiger partial charge on any atom is -0.491 e.